The van der Waals surface area contributed by atoms with Crippen LogP contribution in [0.1, 0.15) is 12.6 Å². The normalized spacial score (nSPS) is 13.4. The maximum absolute atomic E-state index is 5.50. The van der Waals surface area contributed by atoms with E-state index in [0.29, 0.717) is 5.92 Å². The summed E-state index contributed by atoms with van der Waals surface area (Å²) in [6, 6.07) is 2.00. The predicted molar refractivity (Wildman–Crippen MR) is 45.2 cm³/mol. The number of hydrogen-bond acceptors (Lipinski definition) is 2. The SMILES string of the molecule is Cc1ccnn1C[C@@H](C)CN. The van der Waals surface area contributed by atoms with Crippen molar-refractivity contribution in [3.8, 4) is 0 Å². The largest absolute Gasteiger partial charge is 0.330 e. The average molecular weight is 153 g/mol. The topological polar surface area (TPSA) is 43.8 Å². The zero-order valence-corrected chi connectivity index (χ0v) is 7.12. The van der Waals surface area contributed by atoms with Crippen LogP contribution in [0.25, 0.3) is 0 Å². The molecule has 0 aromatic carbocycles. The first-order valence-corrected chi connectivity index (χ1v) is 3.92. The summed E-state index contributed by atoms with van der Waals surface area (Å²) >= 11 is 0. The molecular weight excluding hydrogens is 138 g/mol. The molecule has 1 atom stereocenters. The Bertz CT molecular complexity index is 217. The van der Waals surface area contributed by atoms with Gasteiger partial charge in [-0.1, -0.05) is 6.92 Å². The van der Waals surface area contributed by atoms with Crippen LogP contribution in [0.4, 0.5) is 0 Å². The quantitative estimate of drug-likeness (QED) is 0.697. The second-order valence-electron chi connectivity index (χ2n) is 3.00. The summed E-state index contributed by atoms with van der Waals surface area (Å²) in [5, 5.41) is 4.16. The van der Waals surface area contributed by atoms with Crippen LogP contribution in [-0.4, -0.2) is 16.3 Å². The highest BCUT2D eigenvalue weighted by Crippen LogP contribution is 2.01. The van der Waals surface area contributed by atoms with Crippen molar-refractivity contribution < 1.29 is 0 Å². The standard InChI is InChI=1S/C8H15N3/c1-7(5-9)6-11-8(2)3-4-10-11/h3-4,7H,5-6,9H2,1-2H3/t7-/m0/s1. The molecule has 1 rings (SSSR count). The van der Waals surface area contributed by atoms with Crippen LogP contribution in [0.2, 0.25) is 0 Å². The first kappa shape index (κ1) is 8.27. The van der Waals surface area contributed by atoms with E-state index in [4.69, 9.17) is 5.73 Å². The summed E-state index contributed by atoms with van der Waals surface area (Å²) < 4.78 is 1.98. The van der Waals surface area contributed by atoms with Gasteiger partial charge in [0.2, 0.25) is 0 Å². The van der Waals surface area contributed by atoms with Gasteiger partial charge in [0.15, 0.2) is 0 Å². The third-order valence-electron chi connectivity index (χ3n) is 1.82. The van der Waals surface area contributed by atoms with Gasteiger partial charge >= 0.3 is 0 Å². The van der Waals surface area contributed by atoms with Gasteiger partial charge in [0.1, 0.15) is 0 Å². The minimum atomic E-state index is 0.508. The monoisotopic (exact) mass is 153 g/mol. The zero-order chi connectivity index (χ0) is 8.27. The van der Waals surface area contributed by atoms with E-state index in [1.807, 2.05) is 16.9 Å². The fourth-order valence-electron chi connectivity index (χ4n) is 0.960. The van der Waals surface area contributed by atoms with Gasteiger partial charge in [-0.2, -0.15) is 5.10 Å². The summed E-state index contributed by atoms with van der Waals surface area (Å²) in [6.45, 7) is 5.83. The van der Waals surface area contributed by atoms with Gasteiger partial charge in [0, 0.05) is 18.4 Å². The molecule has 3 nitrogen and oxygen atoms in total. The minimum Gasteiger partial charge on any atom is -0.330 e. The summed E-state index contributed by atoms with van der Waals surface area (Å²) in [5.41, 5.74) is 6.70. The van der Waals surface area contributed by atoms with Crippen LogP contribution < -0.4 is 5.73 Å². The van der Waals surface area contributed by atoms with Gasteiger partial charge in [0.25, 0.3) is 0 Å². The molecule has 0 aliphatic carbocycles. The molecule has 2 N–H and O–H groups in total. The lowest BCUT2D eigenvalue weighted by Crippen LogP contribution is -2.18. The molecule has 1 aromatic rings. The van der Waals surface area contributed by atoms with Crippen molar-refractivity contribution in [1.29, 1.82) is 0 Å². The van der Waals surface area contributed by atoms with Crippen LogP contribution in [0.5, 0.6) is 0 Å². The Hall–Kier alpha value is -0.830. The van der Waals surface area contributed by atoms with Crippen molar-refractivity contribution in [2.24, 2.45) is 11.7 Å². The highest BCUT2D eigenvalue weighted by molar-refractivity contribution is 4.96. The predicted octanol–water partition coefficient (Wildman–Crippen LogP) is 0.786. The van der Waals surface area contributed by atoms with E-state index in [2.05, 4.69) is 18.9 Å². The Kier molecular flexibility index (Phi) is 2.65. The van der Waals surface area contributed by atoms with Crippen molar-refractivity contribution in [1.82, 2.24) is 9.78 Å². The summed E-state index contributed by atoms with van der Waals surface area (Å²) in [5.74, 6) is 0.508. The first-order valence-electron chi connectivity index (χ1n) is 3.92. The van der Waals surface area contributed by atoms with Gasteiger partial charge in [0.05, 0.1) is 0 Å². The molecule has 1 aromatic heterocycles. The summed E-state index contributed by atoms with van der Waals surface area (Å²) in [6.07, 6.45) is 1.82. The molecule has 0 amide bonds. The van der Waals surface area contributed by atoms with Gasteiger partial charge in [-0.15, -0.1) is 0 Å². The van der Waals surface area contributed by atoms with Gasteiger partial charge in [-0.3, -0.25) is 4.68 Å². The molecular formula is C8H15N3. The molecule has 11 heavy (non-hydrogen) atoms. The van der Waals surface area contributed by atoms with Crippen LogP contribution in [0.15, 0.2) is 12.3 Å². The van der Waals surface area contributed by atoms with Crippen molar-refractivity contribution in [2.45, 2.75) is 20.4 Å². The molecule has 0 spiro atoms. The molecule has 0 saturated carbocycles. The molecule has 1 heterocycles. The number of aryl methyl sites for hydroxylation is 1. The molecule has 0 unspecified atom stereocenters. The van der Waals surface area contributed by atoms with E-state index in [1.165, 1.54) is 5.69 Å². The van der Waals surface area contributed by atoms with E-state index in [9.17, 15) is 0 Å². The minimum absolute atomic E-state index is 0.508. The Morgan fingerprint density at radius 3 is 2.91 bits per heavy atom. The third kappa shape index (κ3) is 2.05. The fourth-order valence-corrected chi connectivity index (χ4v) is 0.960. The smallest absolute Gasteiger partial charge is 0.0492 e. The molecule has 0 bridgehead atoms. The molecule has 0 radical (unpaired) electrons. The van der Waals surface area contributed by atoms with Crippen molar-refractivity contribution in [3.05, 3.63) is 18.0 Å². The molecule has 0 aliphatic heterocycles. The van der Waals surface area contributed by atoms with E-state index in [-0.39, 0.29) is 0 Å². The van der Waals surface area contributed by atoms with Crippen LogP contribution in [0.3, 0.4) is 0 Å². The van der Waals surface area contributed by atoms with Crippen molar-refractivity contribution in [2.75, 3.05) is 6.54 Å². The van der Waals surface area contributed by atoms with E-state index < -0.39 is 0 Å². The highest BCUT2D eigenvalue weighted by Gasteiger charge is 2.01. The van der Waals surface area contributed by atoms with Crippen LogP contribution in [0, 0.1) is 12.8 Å². The number of rotatable bonds is 3. The van der Waals surface area contributed by atoms with Crippen LogP contribution >= 0.6 is 0 Å². The summed E-state index contributed by atoms with van der Waals surface area (Å²) in [4.78, 5) is 0. The molecule has 3 heteroatoms. The van der Waals surface area contributed by atoms with Gasteiger partial charge in [-0.05, 0) is 25.5 Å². The Labute approximate surface area is 67.2 Å². The van der Waals surface area contributed by atoms with E-state index >= 15 is 0 Å². The second-order valence-corrected chi connectivity index (χ2v) is 3.00. The summed E-state index contributed by atoms with van der Waals surface area (Å²) in [7, 11) is 0. The number of nitrogens with two attached hydrogens (primary N) is 1. The lowest BCUT2D eigenvalue weighted by atomic mass is 10.2. The van der Waals surface area contributed by atoms with Gasteiger partial charge in [-0.25, -0.2) is 0 Å². The van der Waals surface area contributed by atoms with E-state index in [0.717, 1.165) is 13.1 Å². The van der Waals surface area contributed by atoms with Crippen molar-refractivity contribution in [3.63, 3.8) is 0 Å². The van der Waals surface area contributed by atoms with E-state index in [1.54, 1.807) is 0 Å². The first-order chi connectivity index (χ1) is 5.24. The Balaban J connectivity index is 2.56. The van der Waals surface area contributed by atoms with Crippen molar-refractivity contribution >= 4 is 0 Å². The molecule has 0 aliphatic rings. The Morgan fingerprint density at radius 2 is 2.45 bits per heavy atom. The molecule has 0 saturated heterocycles. The second kappa shape index (κ2) is 3.53. The third-order valence-corrected chi connectivity index (χ3v) is 1.82. The maximum atomic E-state index is 5.50. The highest BCUT2D eigenvalue weighted by atomic mass is 15.3. The average Bonchev–Trinajstić information content (AvgIpc) is 2.37. The lowest BCUT2D eigenvalue weighted by molar-refractivity contribution is 0.451. The molecule has 62 valence electrons. The van der Waals surface area contributed by atoms with Crippen LogP contribution in [-0.2, 0) is 6.54 Å². The number of hydrogen-bond donors (Lipinski definition) is 1. The lowest BCUT2D eigenvalue weighted by Gasteiger charge is -2.09. The number of aromatic nitrogens is 2. The fraction of sp³-hybridized carbons (Fsp3) is 0.625. The number of nitrogens with zero attached hydrogens (tertiary/aromatic N) is 2. The Morgan fingerprint density at radius 1 is 1.73 bits per heavy atom. The van der Waals surface area contributed by atoms with Gasteiger partial charge < -0.3 is 5.73 Å². The molecule has 0 fully saturated rings. The zero-order valence-electron chi connectivity index (χ0n) is 7.12. The maximum Gasteiger partial charge on any atom is 0.0492 e.